The fourth-order valence-electron chi connectivity index (χ4n) is 3.77. The van der Waals surface area contributed by atoms with E-state index in [4.69, 9.17) is 5.73 Å². The normalized spacial score (nSPS) is 11.7. The van der Waals surface area contributed by atoms with Crippen LogP contribution in [0.1, 0.15) is 5.56 Å². The summed E-state index contributed by atoms with van der Waals surface area (Å²) in [4.78, 5) is 19.8. The SMILES string of the molecule is Cc1cc2ncccc2c2[nH]c(=O)c(N)c(-c3cc(F)c(F)c4[nH]ncc34)c12. The predicted molar refractivity (Wildman–Crippen MR) is 104 cm³/mol. The molecule has 5 rings (SSSR count). The Morgan fingerprint density at radius 3 is 2.79 bits per heavy atom. The highest BCUT2D eigenvalue weighted by Gasteiger charge is 2.22. The Kier molecular flexibility index (Phi) is 3.27. The first-order valence-corrected chi connectivity index (χ1v) is 8.48. The van der Waals surface area contributed by atoms with Crippen LogP contribution >= 0.6 is 0 Å². The quantitative estimate of drug-likeness (QED) is 0.387. The van der Waals surface area contributed by atoms with E-state index in [1.54, 1.807) is 12.3 Å². The van der Waals surface area contributed by atoms with Crippen molar-refractivity contribution < 1.29 is 8.78 Å². The first kappa shape index (κ1) is 16.4. The molecule has 0 unspecified atom stereocenters. The van der Waals surface area contributed by atoms with Gasteiger partial charge in [0.05, 0.1) is 17.2 Å². The summed E-state index contributed by atoms with van der Waals surface area (Å²) in [5.41, 5.74) is 8.14. The van der Waals surface area contributed by atoms with Crippen LogP contribution in [-0.2, 0) is 0 Å². The van der Waals surface area contributed by atoms with Gasteiger partial charge in [0.25, 0.3) is 5.56 Å². The van der Waals surface area contributed by atoms with Crippen molar-refractivity contribution in [3.8, 4) is 11.1 Å². The molecule has 28 heavy (non-hydrogen) atoms. The van der Waals surface area contributed by atoms with Crippen molar-refractivity contribution in [1.82, 2.24) is 20.2 Å². The van der Waals surface area contributed by atoms with Gasteiger partial charge in [-0.05, 0) is 42.3 Å². The maximum atomic E-state index is 14.3. The van der Waals surface area contributed by atoms with E-state index in [1.165, 1.54) is 6.20 Å². The zero-order valence-electron chi connectivity index (χ0n) is 14.6. The van der Waals surface area contributed by atoms with Gasteiger partial charge in [-0.1, -0.05) is 0 Å². The van der Waals surface area contributed by atoms with Gasteiger partial charge in [0, 0.05) is 27.9 Å². The minimum atomic E-state index is -1.06. The lowest BCUT2D eigenvalue weighted by molar-refractivity contribution is 0.515. The zero-order chi connectivity index (χ0) is 19.6. The molecule has 3 heterocycles. The van der Waals surface area contributed by atoms with Gasteiger partial charge < -0.3 is 10.7 Å². The van der Waals surface area contributed by atoms with Crippen LogP contribution in [0.5, 0.6) is 0 Å². The number of anilines is 1. The van der Waals surface area contributed by atoms with Gasteiger partial charge >= 0.3 is 0 Å². The Balaban J connectivity index is 2.06. The highest BCUT2D eigenvalue weighted by Crippen LogP contribution is 2.40. The number of hydrogen-bond acceptors (Lipinski definition) is 4. The van der Waals surface area contributed by atoms with E-state index >= 15 is 0 Å². The minimum Gasteiger partial charge on any atom is -0.394 e. The molecule has 4 N–H and O–H groups in total. The van der Waals surface area contributed by atoms with Crippen molar-refractivity contribution in [3.05, 3.63) is 64.2 Å². The summed E-state index contributed by atoms with van der Waals surface area (Å²) in [7, 11) is 0. The number of aromatic amines is 2. The molecule has 0 fully saturated rings. The van der Waals surface area contributed by atoms with Gasteiger partial charge in [-0.2, -0.15) is 5.10 Å². The van der Waals surface area contributed by atoms with Crippen LogP contribution in [0.25, 0.3) is 43.8 Å². The number of nitrogens with one attached hydrogen (secondary N) is 2. The Morgan fingerprint density at radius 1 is 1.14 bits per heavy atom. The van der Waals surface area contributed by atoms with E-state index in [2.05, 4.69) is 20.2 Å². The fourth-order valence-corrected chi connectivity index (χ4v) is 3.77. The van der Waals surface area contributed by atoms with Crippen LogP contribution in [0, 0.1) is 18.6 Å². The second kappa shape index (κ2) is 5.59. The Hall–Kier alpha value is -3.81. The summed E-state index contributed by atoms with van der Waals surface area (Å²) in [5, 5.41) is 8.00. The second-order valence-corrected chi connectivity index (χ2v) is 6.63. The van der Waals surface area contributed by atoms with Crippen molar-refractivity contribution in [2.45, 2.75) is 6.92 Å². The van der Waals surface area contributed by atoms with Crippen molar-refractivity contribution in [3.63, 3.8) is 0 Å². The number of pyridine rings is 2. The molecular weight excluding hydrogens is 364 g/mol. The number of nitrogens with zero attached hydrogens (tertiary/aromatic N) is 2. The van der Waals surface area contributed by atoms with Crippen molar-refractivity contribution in [1.29, 1.82) is 0 Å². The van der Waals surface area contributed by atoms with Crippen LogP contribution in [0.3, 0.4) is 0 Å². The van der Waals surface area contributed by atoms with Gasteiger partial charge in [0.2, 0.25) is 0 Å². The summed E-state index contributed by atoms with van der Waals surface area (Å²) < 4.78 is 28.5. The van der Waals surface area contributed by atoms with Gasteiger partial charge in [-0.15, -0.1) is 0 Å². The number of benzene rings is 2. The van der Waals surface area contributed by atoms with Crippen molar-refractivity contribution in [2.75, 3.05) is 5.73 Å². The largest absolute Gasteiger partial charge is 0.394 e. The van der Waals surface area contributed by atoms with Crippen molar-refractivity contribution >= 4 is 38.4 Å². The van der Waals surface area contributed by atoms with Gasteiger partial charge in [-0.25, -0.2) is 8.78 Å². The van der Waals surface area contributed by atoms with Crippen LogP contribution in [0.15, 0.2) is 41.5 Å². The fraction of sp³-hybridized carbons (Fsp3) is 0.0500. The Bertz CT molecular complexity index is 1490. The third-order valence-corrected chi connectivity index (χ3v) is 5.01. The molecule has 2 aromatic carbocycles. The molecule has 5 aromatic rings. The molecule has 0 aliphatic rings. The Morgan fingerprint density at radius 2 is 1.96 bits per heavy atom. The van der Waals surface area contributed by atoms with Crippen LogP contribution in [0.4, 0.5) is 14.5 Å². The van der Waals surface area contributed by atoms with E-state index in [1.807, 2.05) is 19.1 Å². The number of rotatable bonds is 1. The molecule has 0 bridgehead atoms. The lowest BCUT2D eigenvalue weighted by atomic mass is 9.92. The molecule has 138 valence electrons. The molecule has 8 heteroatoms. The summed E-state index contributed by atoms with van der Waals surface area (Å²) in [6.45, 7) is 1.85. The smallest absolute Gasteiger partial charge is 0.272 e. The number of halogens is 2. The molecule has 0 aliphatic carbocycles. The first-order chi connectivity index (χ1) is 13.5. The van der Waals surface area contributed by atoms with Gasteiger partial charge in [-0.3, -0.25) is 14.9 Å². The maximum absolute atomic E-state index is 14.3. The van der Waals surface area contributed by atoms with E-state index < -0.39 is 17.2 Å². The van der Waals surface area contributed by atoms with Crippen LogP contribution < -0.4 is 11.3 Å². The topological polar surface area (TPSA) is 100 Å². The average molecular weight is 377 g/mol. The van der Waals surface area contributed by atoms with Crippen LogP contribution in [0.2, 0.25) is 0 Å². The van der Waals surface area contributed by atoms with Gasteiger partial charge in [0.1, 0.15) is 11.2 Å². The minimum absolute atomic E-state index is 0.0765. The molecular formula is C20H13F2N5O. The summed E-state index contributed by atoms with van der Waals surface area (Å²) in [5.74, 6) is -2.09. The monoisotopic (exact) mass is 377 g/mol. The number of nitrogen functional groups attached to an aromatic ring is 1. The third-order valence-electron chi connectivity index (χ3n) is 5.01. The molecule has 0 saturated carbocycles. The number of aryl methyl sites for hydroxylation is 1. The molecule has 0 atom stereocenters. The molecule has 0 radical (unpaired) electrons. The molecule has 0 saturated heterocycles. The van der Waals surface area contributed by atoms with Gasteiger partial charge in [0.15, 0.2) is 11.6 Å². The maximum Gasteiger partial charge on any atom is 0.272 e. The molecule has 0 amide bonds. The van der Waals surface area contributed by atoms with E-state index in [0.717, 1.165) is 17.0 Å². The summed E-state index contributed by atoms with van der Waals surface area (Å²) >= 11 is 0. The average Bonchev–Trinajstić information content (AvgIpc) is 3.17. The summed E-state index contributed by atoms with van der Waals surface area (Å²) in [6, 6.07) is 6.51. The lowest BCUT2D eigenvalue weighted by Gasteiger charge is -2.15. The zero-order valence-corrected chi connectivity index (χ0v) is 14.6. The molecule has 0 aliphatic heterocycles. The standard InChI is InChI=1S/C20H13F2N5O/c1-8-5-13-9(3-2-4-24-13)18-14(8)15(17(23)20(28)26-18)10-6-12(21)16(22)19-11(10)7-25-27-19/h2-7H,23H2,1H3,(H,25,27)(H,26,28). The molecule has 6 nitrogen and oxygen atoms in total. The number of nitrogens with two attached hydrogens (primary N) is 1. The van der Waals surface area contributed by atoms with E-state index in [-0.39, 0.29) is 11.2 Å². The highest BCUT2D eigenvalue weighted by atomic mass is 19.2. The van der Waals surface area contributed by atoms with Crippen LogP contribution in [-0.4, -0.2) is 20.2 Å². The number of aromatic nitrogens is 4. The van der Waals surface area contributed by atoms with E-state index in [9.17, 15) is 13.6 Å². The number of fused-ring (bicyclic) bond motifs is 4. The van der Waals surface area contributed by atoms with E-state index in [0.29, 0.717) is 32.9 Å². The Labute approximate surface area is 156 Å². The first-order valence-electron chi connectivity index (χ1n) is 8.48. The third kappa shape index (κ3) is 2.08. The summed E-state index contributed by atoms with van der Waals surface area (Å²) in [6.07, 6.45) is 3.05. The highest BCUT2D eigenvalue weighted by molar-refractivity contribution is 6.15. The van der Waals surface area contributed by atoms with Crippen molar-refractivity contribution in [2.24, 2.45) is 0 Å². The number of hydrogen-bond donors (Lipinski definition) is 3. The molecule has 3 aromatic heterocycles. The number of H-pyrrole nitrogens is 2. The lowest BCUT2D eigenvalue weighted by Crippen LogP contribution is -2.14. The molecule has 0 spiro atoms. The second-order valence-electron chi connectivity index (χ2n) is 6.63. The predicted octanol–water partition coefficient (Wildman–Crippen LogP) is 3.79.